The highest BCUT2D eigenvalue weighted by Gasteiger charge is 2.34. The molecule has 120 valence electrons. The van der Waals surface area contributed by atoms with Crippen molar-refractivity contribution in [2.45, 2.75) is 69.9 Å². The Hall–Kier alpha value is -1.35. The van der Waals surface area contributed by atoms with Crippen molar-refractivity contribution in [3.63, 3.8) is 0 Å². The molecule has 3 unspecified atom stereocenters. The predicted molar refractivity (Wildman–Crippen MR) is 89.5 cm³/mol. The summed E-state index contributed by atoms with van der Waals surface area (Å²) in [6.45, 7) is 4.59. The second-order valence-electron chi connectivity index (χ2n) is 7.69. The zero-order chi connectivity index (χ0) is 15.7. The van der Waals surface area contributed by atoms with E-state index >= 15 is 0 Å². The van der Waals surface area contributed by atoms with Crippen LogP contribution >= 0.6 is 0 Å². The maximum Gasteiger partial charge on any atom is 0.223 e. The Morgan fingerprint density at radius 1 is 1.23 bits per heavy atom. The molecule has 0 bridgehead atoms. The fourth-order valence-electron chi connectivity index (χ4n) is 4.12. The van der Waals surface area contributed by atoms with E-state index < -0.39 is 0 Å². The first-order valence-electron chi connectivity index (χ1n) is 8.63. The summed E-state index contributed by atoms with van der Waals surface area (Å²) in [5, 5.41) is 3.31. The van der Waals surface area contributed by atoms with Gasteiger partial charge in [0.25, 0.3) is 0 Å². The summed E-state index contributed by atoms with van der Waals surface area (Å²) in [4.78, 5) is 12.6. The molecule has 1 amide bonds. The highest BCUT2D eigenvalue weighted by atomic mass is 16.1. The highest BCUT2D eigenvalue weighted by Crippen LogP contribution is 2.41. The third-order valence-electron chi connectivity index (χ3n) is 5.53. The Kier molecular flexibility index (Phi) is 4.26. The molecule has 3 nitrogen and oxygen atoms in total. The number of fused-ring (bicyclic) bond motifs is 1. The van der Waals surface area contributed by atoms with Crippen molar-refractivity contribution < 1.29 is 4.79 Å². The average Bonchev–Trinajstić information content (AvgIpc) is 2.50. The van der Waals surface area contributed by atoms with Crippen molar-refractivity contribution in [3.8, 4) is 0 Å². The molecule has 1 saturated carbocycles. The molecule has 1 aromatic carbocycles. The van der Waals surface area contributed by atoms with Crippen LogP contribution in [0, 0.1) is 5.92 Å². The van der Waals surface area contributed by atoms with E-state index in [0.29, 0.717) is 0 Å². The Bertz CT molecular complexity index is 552. The van der Waals surface area contributed by atoms with Crippen LogP contribution in [-0.2, 0) is 10.2 Å². The van der Waals surface area contributed by atoms with Gasteiger partial charge in [-0.25, -0.2) is 0 Å². The standard InChI is InChI=1S/C19H28N2O/c1-19(2)11-10-17(15-8-3-4-9-16(15)19)21-18(22)13-6-5-7-14(20)12-13/h3-4,8-9,13-14,17H,5-7,10-12,20H2,1-2H3,(H,21,22). The van der Waals surface area contributed by atoms with Crippen molar-refractivity contribution in [3.05, 3.63) is 35.4 Å². The first kappa shape index (κ1) is 15.5. The molecular formula is C19H28N2O. The van der Waals surface area contributed by atoms with Crippen molar-refractivity contribution >= 4 is 5.91 Å². The van der Waals surface area contributed by atoms with Gasteiger partial charge >= 0.3 is 0 Å². The lowest BCUT2D eigenvalue weighted by Crippen LogP contribution is -2.41. The Balaban J connectivity index is 1.74. The van der Waals surface area contributed by atoms with Gasteiger partial charge in [-0.1, -0.05) is 44.5 Å². The molecule has 3 N–H and O–H groups in total. The maximum atomic E-state index is 12.6. The van der Waals surface area contributed by atoms with E-state index in [2.05, 4.69) is 43.4 Å². The fraction of sp³-hybridized carbons (Fsp3) is 0.632. The summed E-state index contributed by atoms with van der Waals surface area (Å²) in [6, 6.07) is 8.93. The molecule has 3 heteroatoms. The van der Waals surface area contributed by atoms with Gasteiger partial charge in [0, 0.05) is 12.0 Å². The van der Waals surface area contributed by atoms with Crippen LogP contribution in [0.2, 0.25) is 0 Å². The average molecular weight is 300 g/mol. The van der Waals surface area contributed by atoms with E-state index in [-0.39, 0.29) is 29.3 Å². The molecule has 0 aromatic heterocycles. The smallest absolute Gasteiger partial charge is 0.223 e. The Morgan fingerprint density at radius 2 is 2.00 bits per heavy atom. The minimum absolute atomic E-state index is 0.103. The number of amides is 1. The number of hydrogen-bond acceptors (Lipinski definition) is 2. The van der Waals surface area contributed by atoms with Gasteiger partial charge in [0.15, 0.2) is 0 Å². The van der Waals surface area contributed by atoms with Crippen LogP contribution in [0.5, 0.6) is 0 Å². The SMILES string of the molecule is CC1(C)CCC(NC(=O)C2CCCC(N)C2)c2ccccc21. The molecule has 0 heterocycles. The largest absolute Gasteiger partial charge is 0.349 e. The number of nitrogens with one attached hydrogen (secondary N) is 1. The van der Waals surface area contributed by atoms with Crippen molar-refractivity contribution in [2.24, 2.45) is 11.7 Å². The normalized spacial score (nSPS) is 30.4. The van der Waals surface area contributed by atoms with Crippen LogP contribution in [0.4, 0.5) is 0 Å². The van der Waals surface area contributed by atoms with Crippen LogP contribution in [0.15, 0.2) is 24.3 Å². The topological polar surface area (TPSA) is 55.1 Å². The van der Waals surface area contributed by atoms with Gasteiger partial charge in [-0.05, 0) is 48.6 Å². The van der Waals surface area contributed by atoms with E-state index in [9.17, 15) is 4.79 Å². The molecule has 0 aliphatic heterocycles. The third kappa shape index (κ3) is 3.05. The molecule has 0 spiro atoms. The van der Waals surface area contributed by atoms with E-state index in [1.165, 1.54) is 11.1 Å². The van der Waals surface area contributed by atoms with Crippen LogP contribution < -0.4 is 11.1 Å². The van der Waals surface area contributed by atoms with Gasteiger partial charge in [0.1, 0.15) is 0 Å². The molecule has 1 fully saturated rings. The second kappa shape index (κ2) is 6.04. The molecule has 2 aliphatic carbocycles. The summed E-state index contributed by atoms with van der Waals surface area (Å²) in [6.07, 6.45) is 6.09. The molecule has 0 saturated heterocycles. The molecule has 3 atom stereocenters. The van der Waals surface area contributed by atoms with Crippen LogP contribution in [0.1, 0.15) is 69.5 Å². The minimum atomic E-state index is 0.103. The molecule has 22 heavy (non-hydrogen) atoms. The molecule has 1 aromatic rings. The minimum Gasteiger partial charge on any atom is -0.349 e. The van der Waals surface area contributed by atoms with Crippen LogP contribution in [0.3, 0.4) is 0 Å². The van der Waals surface area contributed by atoms with Gasteiger partial charge in [-0.15, -0.1) is 0 Å². The van der Waals surface area contributed by atoms with E-state index in [1.54, 1.807) is 0 Å². The monoisotopic (exact) mass is 300 g/mol. The van der Waals surface area contributed by atoms with Crippen LogP contribution in [-0.4, -0.2) is 11.9 Å². The first-order chi connectivity index (χ1) is 10.5. The lowest BCUT2D eigenvalue weighted by Gasteiger charge is -2.38. The summed E-state index contributed by atoms with van der Waals surface area (Å²) in [5.41, 5.74) is 8.91. The van der Waals surface area contributed by atoms with Gasteiger partial charge in [0.2, 0.25) is 5.91 Å². The quantitative estimate of drug-likeness (QED) is 0.879. The fourth-order valence-corrected chi connectivity index (χ4v) is 4.12. The van der Waals surface area contributed by atoms with E-state index in [0.717, 1.165) is 38.5 Å². The zero-order valence-corrected chi connectivity index (χ0v) is 13.8. The first-order valence-corrected chi connectivity index (χ1v) is 8.63. The number of nitrogens with two attached hydrogens (primary N) is 1. The van der Waals surface area contributed by atoms with Crippen molar-refractivity contribution in [1.29, 1.82) is 0 Å². The number of carbonyl (C=O) groups is 1. The molecule has 0 radical (unpaired) electrons. The molecule has 2 aliphatic rings. The van der Waals surface area contributed by atoms with Gasteiger partial charge in [-0.2, -0.15) is 0 Å². The number of carbonyl (C=O) groups excluding carboxylic acids is 1. The van der Waals surface area contributed by atoms with E-state index in [4.69, 9.17) is 5.73 Å². The lowest BCUT2D eigenvalue weighted by atomic mass is 9.71. The predicted octanol–water partition coefficient (Wildman–Crippen LogP) is 3.43. The Morgan fingerprint density at radius 3 is 2.77 bits per heavy atom. The zero-order valence-electron chi connectivity index (χ0n) is 13.8. The van der Waals surface area contributed by atoms with Gasteiger partial charge in [-0.3, -0.25) is 4.79 Å². The molecular weight excluding hydrogens is 272 g/mol. The highest BCUT2D eigenvalue weighted by molar-refractivity contribution is 5.79. The lowest BCUT2D eigenvalue weighted by molar-refractivity contribution is -0.127. The summed E-state index contributed by atoms with van der Waals surface area (Å²) in [5.74, 6) is 0.306. The third-order valence-corrected chi connectivity index (χ3v) is 5.53. The van der Waals surface area contributed by atoms with E-state index in [1.807, 2.05) is 0 Å². The van der Waals surface area contributed by atoms with Gasteiger partial charge < -0.3 is 11.1 Å². The summed E-state index contributed by atoms with van der Waals surface area (Å²) < 4.78 is 0. The Labute approximate surface area is 133 Å². The number of rotatable bonds is 2. The maximum absolute atomic E-state index is 12.6. The molecule has 3 rings (SSSR count). The summed E-state index contributed by atoms with van der Waals surface area (Å²) in [7, 11) is 0. The number of hydrogen-bond donors (Lipinski definition) is 2. The van der Waals surface area contributed by atoms with Crippen LogP contribution in [0.25, 0.3) is 0 Å². The second-order valence-corrected chi connectivity index (χ2v) is 7.69. The van der Waals surface area contributed by atoms with Crippen molar-refractivity contribution in [1.82, 2.24) is 5.32 Å². The number of benzene rings is 1. The van der Waals surface area contributed by atoms with Gasteiger partial charge in [0.05, 0.1) is 6.04 Å². The summed E-state index contributed by atoms with van der Waals surface area (Å²) >= 11 is 0. The van der Waals surface area contributed by atoms with Crippen molar-refractivity contribution in [2.75, 3.05) is 0 Å².